The molecule has 19 heavy (non-hydrogen) atoms. The van der Waals surface area contributed by atoms with Crippen LogP contribution in [-0.4, -0.2) is 17.7 Å². The fraction of sp³-hybridized carbons (Fsp3) is 0.308. The molecule has 3 nitrogen and oxygen atoms in total. The lowest BCUT2D eigenvalue weighted by Gasteiger charge is -2.08. The molecular weight excluding hydrogens is 392 g/mol. The van der Waals surface area contributed by atoms with Crippen molar-refractivity contribution in [3.8, 4) is 0 Å². The van der Waals surface area contributed by atoms with Crippen molar-refractivity contribution in [2.75, 3.05) is 13.1 Å². The van der Waals surface area contributed by atoms with Crippen molar-refractivity contribution in [2.24, 2.45) is 0 Å². The number of halogens is 2. The highest BCUT2D eigenvalue weighted by Gasteiger charge is 2.02. The van der Waals surface area contributed by atoms with E-state index in [2.05, 4.69) is 54.7 Å². The molecule has 6 heteroatoms. The first-order valence-corrected chi connectivity index (χ1v) is 8.42. The quantitative estimate of drug-likeness (QED) is 0.748. The largest absolute Gasteiger partial charge is 0.315 e. The fourth-order valence-electron chi connectivity index (χ4n) is 1.72. The van der Waals surface area contributed by atoms with Gasteiger partial charge in [0.1, 0.15) is 0 Å². The molecule has 0 amide bonds. The van der Waals surface area contributed by atoms with Crippen LogP contribution in [0.4, 0.5) is 0 Å². The lowest BCUT2D eigenvalue weighted by Crippen LogP contribution is -2.28. The third-order valence-electron chi connectivity index (χ3n) is 2.67. The van der Waals surface area contributed by atoms with Crippen LogP contribution < -0.4 is 10.9 Å². The molecule has 0 aliphatic heterocycles. The van der Waals surface area contributed by atoms with E-state index < -0.39 is 0 Å². The Morgan fingerprint density at radius 3 is 2.89 bits per heavy atom. The summed E-state index contributed by atoms with van der Waals surface area (Å²) in [6.07, 6.45) is 2.85. The molecule has 0 aliphatic rings. The summed E-state index contributed by atoms with van der Waals surface area (Å²) in [4.78, 5) is 13.2. The number of nitrogens with zero attached hydrogens (tertiary/aromatic N) is 1. The monoisotopic (exact) mass is 404 g/mol. The summed E-state index contributed by atoms with van der Waals surface area (Å²) in [6.45, 7) is 2.39. The number of pyridine rings is 1. The van der Waals surface area contributed by atoms with Gasteiger partial charge in [-0.3, -0.25) is 4.79 Å². The molecule has 2 heterocycles. The lowest BCUT2D eigenvalue weighted by molar-refractivity contribution is 0.585. The van der Waals surface area contributed by atoms with Crippen LogP contribution in [0.2, 0.25) is 0 Å². The molecule has 2 rings (SSSR count). The van der Waals surface area contributed by atoms with Gasteiger partial charge in [0.2, 0.25) is 0 Å². The summed E-state index contributed by atoms with van der Waals surface area (Å²) >= 11 is 8.43. The maximum Gasteiger partial charge on any atom is 0.264 e. The number of rotatable bonds is 6. The van der Waals surface area contributed by atoms with Crippen molar-refractivity contribution in [3.05, 3.63) is 54.0 Å². The number of thiophene rings is 1. The van der Waals surface area contributed by atoms with Crippen LogP contribution in [0.1, 0.15) is 4.88 Å². The molecule has 0 bridgehead atoms. The summed E-state index contributed by atoms with van der Waals surface area (Å²) in [7, 11) is 0. The minimum Gasteiger partial charge on any atom is -0.315 e. The van der Waals surface area contributed by atoms with E-state index in [4.69, 9.17) is 0 Å². The van der Waals surface area contributed by atoms with Gasteiger partial charge in [0.05, 0.1) is 4.47 Å². The zero-order valence-electron chi connectivity index (χ0n) is 10.2. The SMILES string of the molecule is O=c1c(Br)cc(Br)cn1CCNCCc1cccs1. The van der Waals surface area contributed by atoms with Gasteiger partial charge in [0, 0.05) is 35.2 Å². The molecule has 2 aromatic heterocycles. The smallest absolute Gasteiger partial charge is 0.264 e. The number of hydrogen-bond donors (Lipinski definition) is 1. The van der Waals surface area contributed by atoms with E-state index in [1.807, 2.05) is 6.20 Å². The van der Waals surface area contributed by atoms with Gasteiger partial charge in [0.15, 0.2) is 0 Å². The standard InChI is InChI=1S/C13H14Br2N2OS/c14-10-8-12(15)13(18)17(9-10)6-5-16-4-3-11-2-1-7-19-11/h1-2,7-9,16H,3-6H2. The zero-order chi connectivity index (χ0) is 13.7. The molecule has 0 radical (unpaired) electrons. The van der Waals surface area contributed by atoms with E-state index in [1.54, 1.807) is 22.0 Å². The van der Waals surface area contributed by atoms with Crippen molar-refractivity contribution < 1.29 is 0 Å². The Bertz CT molecular complexity index is 581. The second-order valence-corrected chi connectivity index (χ2v) is 6.89. The summed E-state index contributed by atoms with van der Waals surface area (Å²) in [5, 5.41) is 5.45. The van der Waals surface area contributed by atoms with Crippen molar-refractivity contribution in [2.45, 2.75) is 13.0 Å². The van der Waals surface area contributed by atoms with Crippen LogP contribution in [0.3, 0.4) is 0 Å². The third kappa shape index (κ3) is 4.56. The van der Waals surface area contributed by atoms with E-state index in [1.165, 1.54) is 4.88 Å². The van der Waals surface area contributed by atoms with E-state index in [9.17, 15) is 4.79 Å². The molecule has 0 saturated carbocycles. The van der Waals surface area contributed by atoms with Gasteiger partial charge in [-0.25, -0.2) is 0 Å². The maximum absolute atomic E-state index is 11.8. The number of aromatic nitrogens is 1. The highest BCUT2D eigenvalue weighted by atomic mass is 79.9. The number of nitrogens with one attached hydrogen (secondary N) is 1. The summed E-state index contributed by atoms with van der Waals surface area (Å²) < 4.78 is 3.18. The second-order valence-electron chi connectivity index (χ2n) is 4.08. The summed E-state index contributed by atoms with van der Waals surface area (Å²) in [5.41, 5.74) is 0.00302. The second kappa shape index (κ2) is 7.38. The first kappa shape index (κ1) is 15.0. The van der Waals surface area contributed by atoms with Gasteiger partial charge in [-0.05, 0) is 55.8 Å². The molecule has 0 aromatic carbocycles. The van der Waals surface area contributed by atoms with E-state index in [0.717, 1.165) is 24.0 Å². The predicted molar refractivity (Wildman–Crippen MR) is 87.0 cm³/mol. The van der Waals surface area contributed by atoms with Crippen LogP contribution in [0.15, 0.2) is 43.5 Å². The molecular formula is C13H14Br2N2OS. The van der Waals surface area contributed by atoms with E-state index >= 15 is 0 Å². The molecule has 0 fully saturated rings. The highest BCUT2D eigenvalue weighted by molar-refractivity contribution is 9.11. The van der Waals surface area contributed by atoms with Gasteiger partial charge in [-0.2, -0.15) is 0 Å². The molecule has 1 N–H and O–H groups in total. The van der Waals surface area contributed by atoms with Crippen LogP contribution in [-0.2, 0) is 13.0 Å². The van der Waals surface area contributed by atoms with E-state index in [-0.39, 0.29) is 5.56 Å². The predicted octanol–water partition coefficient (Wildman–Crippen LogP) is 3.27. The summed E-state index contributed by atoms with van der Waals surface area (Å²) in [6, 6.07) is 5.98. The van der Waals surface area contributed by atoms with Crippen molar-refractivity contribution in [1.29, 1.82) is 0 Å². The first-order valence-electron chi connectivity index (χ1n) is 5.95. The van der Waals surface area contributed by atoms with Crippen molar-refractivity contribution in [1.82, 2.24) is 9.88 Å². The number of hydrogen-bond acceptors (Lipinski definition) is 3. The van der Waals surface area contributed by atoms with Crippen LogP contribution >= 0.6 is 43.2 Å². The van der Waals surface area contributed by atoms with Gasteiger partial charge in [0.25, 0.3) is 5.56 Å². The van der Waals surface area contributed by atoms with Crippen molar-refractivity contribution in [3.63, 3.8) is 0 Å². The molecule has 2 aromatic rings. The average molecular weight is 406 g/mol. The van der Waals surface area contributed by atoms with Crippen LogP contribution in [0, 0.1) is 0 Å². The Balaban J connectivity index is 1.78. The molecule has 0 atom stereocenters. The molecule has 0 aliphatic carbocycles. The zero-order valence-corrected chi connectivity index (χ0v) is 14.2. The fourth-order valence-corrected chi connectivity index (χ4v) is 3.69. The minimum atomic E-state index is 0.00302. The Labute approximate surface area is 132 Å². The normalized spacial score (nSPS) is 10.8. The third-order valence-corrected chi connectivity index (χ3v) is 4.60. The van der Waals surface area contributed by atoms with Crippen LogP contribution in [0.5, 0.6) is 0 Å². The summed E-state index contributed by atoms with van der Waals surface area (Å²) in [5.74, 6) is 0. The average Bonchev–Trinajstić information content (AvgIpc) is 2.87. The van der Waals surface area contributed by atoms with Crippen molar-refractivity contribution >= 4 is 43.2 Å². The Morgan fingerprint density at radius 1 is 1.32 bits per heavy atom. The van der Waals surface area contributed by atoms with Gasteiger partial charge in [-0.15, -0.1) is 11.3 Å². The lowest BCUT2D eigenvalue weighted by atomic mass is 10.3. The minimum absolute atomic E-state index is 0.00302. The maximum atomic E-state index is 11.8. The van der Waals surface area contributed by atoms with E-state index in [0.29, 0.717) is 11.0 Å². The molecule has 0 saturated heterocycles. The Kier molecular flexibility index (Phi) is 5.81. The molecule has 0 spiro atoms. The molecule has 102 valence electrons. The Morgan fingerprint density at radius 2 is 2.16 bits per heavy atom. The first-order chi connectivity index (χ1) is 9.16. The highest BCUT2D eigenvalue weighted by Crippen LogP contribution is 2.12. The van der Waals surface area contributed by atoms with Gasteiger partial charge < -0.3 is 9.88 Å². The van der Waals surface area contributed by atoms with Crippen LogP contribution in [0.25, 0.3) is 0 Å². The topological polar surface area (TPSA) is 34.0 Å². The van der Waals surface area contributed by atoms with Gasteiger partial charge in [-0.1, -0.05) is 6.07 Å². The van der Waals surface area contributed by atoms with Gasteiger partial charge >= 0.3 is 0 Å². The Hall–Kier alpha value is -0.430. The molecule has 0 unspecified atom stereocenters.